The van der Waals surface area contributed by atoms with E-state index in [4.69, 9.17) is 14.5 Å². The van der Waals surface area contributed by atoms with Crippen LogP contribution in [-0.4, -0.2) is 85.4 Å². The Balaban J connectivity index is 1.31. The Bertz CT molecular complexity index is 1160. The summed E-state index contributed by atoms with van der Waals surface area (Å²) in [5.41, 5.74) is 8.41. The van der Waals surface area contributed by atoms with Crippen molar-refractivity contribution in [3.8, 4) is 5.88 Å². The summed E-state index contributed by atoms with van der Waals surface area (Å²) < 4.78 is 25.5. The molecule has 198 valence electrons. The predicted molar refractivity (Wildman–Crippen MR) is 137 cm³/mol. The maximum Gasteiger partial charge on any atom is 0.326 e. The molecule has 0 bridgehead atoms. The fourth-order valence-corrected chi connectivity index (χ4v) is 6.12. The van der Waals surface area contributed by atoms with Crippen molar-refractivity contribution in [3.63, 3.8) is 0 Å². The van der Waals surface area contributed by atoms with E-state index in [0.717, 1.165) is 63.4 Å². The molecule has 10 heteroatoms. The van der Waals surface area contributed by atoms with Crippen molar-refractivity contribution in [2.75, 3.05) is 57.9 Å². The number of carbonyl (C=O) groups excluding carboxylic acids is 1. The summed E-state index contributed by atoms with van der Waals surface area (Å²) in [6, 6.07) is 9.46. The monoisotopic (exact) mass is 510 g/mol. The van der Waals surface area contributed by atoms with Crippen LogP contribution in [0.15, 0.2) is 30.3 Å². The van der Waals surface area contributed by atoms with Crippen molar-refractivity contribution < 1.29 is 18.7 Å². The number of rotatable bonds is 6. The van der Waals surface area contributed by atoms with Crippen molar-refractivity contribution >= 4 is 11.8 Å². The first-order chi connectivity index (χ1) is 18.0. The number of pyridine rings is 1. The molecule has 1 aromatic carbocycles. The summed E-state index contributed by atoms with van der Waals surface area (Å²) in [5, 5.41) is 0. The van der Waals surface area contributed by atoms with E-state index in [1.54, 1.807) is 25.0 Å². The number of piperidine rings is 1. The number of ether oxygens (including phenoxy) is 2. The average Bonchev–Trinajstić information content (AvgIpc) is 3.50. The third-order valence-corrected chi connectivity index (χ3v) is 8.67. The number of likely N-dealkylation sites (tertiary alicyclic amines) is 1. The van der Waals surface area contributed by atoms with Crippen molar-refractivity contribution in [2.24, 2.45) is 0 Å². The molecule has 4 saturated heterocycles. The molecule has 6 rings (SSSR count). The zero-order valence-corrected chi connectivity index (χ0v) is 21.5. The summed E-state index contributed by atoms with van der Waals surface area (Å²) in [4.78, 5) is 25.1. The lowest BCUT2D eigenvalue weighted by Crippen LogP contribution is -2.59. The van der Waals surface area contributed by atoms with Crippen molar-refractivity contribution in [2.45, 2.75) is 43.8 Å². The molecule has 2 amide bonds. The smallest absolute Gasteiger partial charge is 0.326 e. The number of methoxy groups -OCH3 is 1. The molecule has 0 saturated carbocycles. The van der Waals surface area contributed by atoms with Gasteiger partial charge in [0, 0.05) is 44.2 Å². The number of nitrogens with zero attached hydrogens (tertiary/aromatic N) is 4. The van der Waals surface area contributed by atoms with Crippen LogP contribution in [-0.2, 0) is 11.3 Å². The highest BCUT2D eigenvalue weighted by Gasteiger charge is 2.52. The number of anilines is 1. The van der Waals surface area contributed by atoms with Gasteiger partial charge in [0.2, 0.25) is 5.88 Å². The van der Waals surface area contributed by atoms with Gasteiger partial charge in [-0.05, 0) is 49.1 Å². The Morgan fingerprint density at radius 1 is 1.16 bits per heavy atom. The third kappa shape index (κ3) is 4.35. The normalized spacial score (nSPS) is 22.7. The summed E-state index contributed by atoms with van der Waals surface area (Å²) in [6.07, 6.45) is 1.71. The number of carbonyl (C=O) groups is 1. The van der Waals surface area contributed by atoms with Crippen LogP contribution >= 0.6 is 0 Å². The van der Waals surface area contributed by atoms with Gasteiger partial charge in [-0.2, -0.15) is 4.98 Å². The number of hydrogen-bond donors (Lipinski definition) is 2. The largest absolute Gasteiger partial charge is 0.481 e. The van der Waals surface area contributed by atoms with Gasteiger partial charge in [-0.25, -0.2) is 9.18 Å². The predicted octanol–water partition coefficient (Wildman–Crippen LogP) is 2.40. The fraction of sp³-hybridized carbons (Fsp3) is 0.556. The number of nitrogens with one attached hydrogen (secondary N) is 2. The van der Waals surface area contributed by atoms with E-state index in [2.05, 4.69) is 15.8 Å². The minimum Gasteiger partial charge on any atom is -0.481 e. The first-order valence-corrected chi connectivity index (χ1v) is 13.1. The maximum absolute atomic E-state index is 14.4. The average molecular weight is 511 g/mol. The quantitative estimate of drug-likeness (QED) is 0.618. The van der Waals surface area contributed by atoms with E-state index in [9.17, 15) is 9.18 Å². The van der Waals surface area contributed by atoms with Crippen LogP contribution < -0.4 is 20.5 Å². The summed E-state index contributed by atoms with van der Waals surface area (Å²) in [5.74, 6) is 1.16. The zero-order chi connectivity index (χ0) is 25.6. The van der Waals surface area contributed by atoms with Gasteiger partial charge in [-0.1, -0.05) is 12.1 Å². The molecule has 0 unspecified atom stereocenters. The van der Waals surface area contributed by atoms with Crippen molar-refractivity contribution in [1.29, 1.82) is 0 Å². The first kappa shape index (κ1) is 24.5. The van der Waals surface area contributed by atoms with E-state index in [-0.39, 0.29) is 23.3 Å². The lowest BCUT2D eigenvalue weighted by atomic mass is 9.85. The number of halogens is 1. The minimum atomic E-state index is -0.343. The van der Waals surface area contributed by atoms with Gasteiger partial charge >= 0.3 is 6.03 Å². The molecular formula is C27H35FN6O3. The topological polar surface area (TPSA) is 82.2 Å². The Kier molecular flexibility index (Phi) is 6.52. The van der Waals surface area contributed by atoms with Gasteiger partial charge < -0.3 is 14.4 Å². The van der Waals surface area contributed by atoms with E-state index < -0.39 is 0 Å². The lowest BCUT2D eigenvalue weighted by Gasteiger charge is -2.47. The number of hydrazine groups is 1. The second-order valence-electron chi connectivity index (χ2n) is 10.7. The lowest BCUT2D eigenvalue weighted by molar-refractivity contribution is -0.0813. The first-order valence-electron chi connectivity index (χ1n) is 13.1. The summed E-state index contributed by atoms with van der Waals surface area (Å²) >= 11 is 0. The molecule has 4 aliphatic rings. The highest BCUT2D eigenvalue weighted by molar-refractivity contribution is 5.94. The molecule has 0 atom stereocenters. The van der Waals surface area contributed by atoms with Gasteiger partial charge in [-0.15, -0.1) is 0 Å². The molecule has 0 radical (unpaired) electrons. The van der Waals surface area contributed by atoms with Crippen LogP contribution in [0, 0.1) is 12.7 Å². The molecule has 9 nitrogen and oxygen atoms in total. The van der Waals surface area contributed by atoms with Gasteiger partial charge in [0.1, 0.15) is 11.6 Å². The van der Waals surface area contributed by atoms with E-state index in [1.165, 1.54) is 6.07 Å². The number of benzene rings is 1. The van der Waals surface area contributed by atoms with Gasteiger partial charge in [0.15, 0.2) is 0 Å². The van der Waals surface area contributed by atoms with Crippen LogP contribution in [0.25, 0.3) is 0 Å². The zero-order valence-electron chi connectivity index (χ0n) is 21.5. The van der Waals surface area contributed by atoms with E-state index in [1.807, 2.05) is 23.1 Å². The van der Waals surface area contributed by atoms with E-state index in [0.29, 0.717) is 36.4 Å². The number of hydrogen-bond acceptors (Lipinski definition) is 7. The molecule has 1 aromatic heterocycles. The van der Waals surface area contributed by atoms with Crippen LogP contribution in [0.4, 0.5) is 15.0 Å². The van der Waals surface area contributed by atoms with Crippen LogP contribution in [0.2, 0.25) is 0 Å². The van der Waals surface area contributed by atoms with Crippen molar-refractivity contribution in [1.82, 2.24) is 25.6 Å². The SMILES string of the molecule is COc1nc(N2CC3(CCN(C4COC4)CC3)N(Cc3cccc(F)c3C)C2=O)ccc1C1CNNC1. The molecule has 4 fully saturated rings. The van der Waals surface area contributed by atoms with Crippen LogP contribution in [0.5, 0.6) is 5.88 Å². The standard InChI is InChI=1S/C27H35FN6O3/c1-18-19(4-3-5-23(18)28)14-34-26(35)33(17-27(34)8-10-32(11-9-27)21-15-37-16-21)24-7-6-22(25(31-24)36-2)20-12-29-30-13-20/h3-7,20-21,29-30H,8-17H2,1-2H3. The Labute approximate surface area is 216 Å². The third-order valence-electron chi connectivity index (χ3n) is 8.67. The molecule has 4 aliphatic heterocycles. The van der Waals surface area contributed by atoms with Gasteiger partial charge in [0.25, 0.3) is 0 Å². The molecule has 2 N–H and O–H groups in total. The Morgan fingerprint density at radius 2 is 1.92 bits per heavy atom. The minimum absolute atomic E-state index is 0.0874. The molecule has 5 heterocycles. The molecule has 1 spiro atoms. The van der Waals surface area contributed by atoms with E-state index >= 15 is 0 Å². The van der Waals surface area contributed by atoms with Crippen molar-refractivity contribution in [3.05, 3.63) is 52.8 Å². The fourth-order valence-electron chi connectivity index (χ4n) is 6.12. The highest BCUT2D eigenvalue weighted by atomic mass is 19.1. The Morgan fingerprint density at radius 3 is 2.59 bits per heavy atom. The Hall–Kier alpha value is -2.79. The molecule has 2 aromatic rings. The number of urea groups is 1. The second-order valence-corrected chi connectivity index (χ2v) is 10.7. The highest BCUT2D eigenvalue weighted by Crippen LogP contribution is 2.41. The summed E-state index contributed by atoms with van der Waals surface area (Å²) in [7, 11) is 1.62. The molecule has 37 heavy (non-hydrogen) atoms. The number of aromatic nitrogens is 1. The van der Waals surface area contributed by atoms with Gasteiger partial charge in [-0.3, -0.25) is 20.7 Å². The van der Waals surface area contributed by atoms with Gasteiger partial charge in [0.05, 0.1) is 38.4 Å². The second kappa shape index (κ2) is 9.83. The van der Waals surface area contributed by atoms with Crippen LogP contribution in [0.1, 0.15) is 35.4 Å². The van der Waals surface area contributed by atoms with Crippen LogP contribution in [0.3, 0.4) is 0 Å². The number of amides is 2. The summed E-state index contributed by atoms with van der Waals surface area (Å²) in [6.45, 7) is 7.69. The maximum atomic E-state index is 14.4. The molecule has 0 aliphatic carbocycles. The molecular weight excluding hydrogens is 475 g/mol.